The zero-order valence-corrected chi connectivity index (χ0v) is 10.6. The molecule has 5 heteroatoms. The molecule has 4 nitrogen and oxygen atoms in total. The van der Waals surface area contributed by atoms with Crippen LogP contribution in [0, 0.1) is 11.3 Å². The lowest BCUT2D eigenvalue weighted by atomic mass is 9.88. The van der Waals surface area contributed by atoms with Crippen molar-refractivity contribution in [1.29, 1.82) is 5.26 Å². The normalized spacial score (nSPS) is 13.6. The van der Waals surface area contributed by atoms with E-state index in [-0.39, 0.29) is 6.61 Å². The molecule has 0 saturated heterocycles. The molecule has 0 aliphatic carbocycles. The molecule has 0 bridgehead atoms. The Labute approximate surface area is 102 Å². The number of esters is 1. The lowest BCUT2D eigenvalue weighted by Gasteiger charge is -2.18. The Kier molecular flexibility index (Phi) is 4.02. The Morgan fingerprint density at radius 3 is 2.81 bits per heavy atom. The molecule has 0 N–H and O–H groups in total. The number of hydrogen-bond donors (Lipinski definition) is 0. The number of pyridine rings is 1. The predicted molar refractivity (Wildman–Crippen MR) is 61.5 cm³/mol. The number of hydrogen-bond acceptors (Lipinski definition) is 4. The van der Waals surface area contributed by atoms with Crippen LogP contribution in [0.4, 0.5) is 0 Å². The highest BCUT2D eigenvalue weighted by Crippen LogP contribution is 2.23. The minimum Gasteiger partial charge on any atom is -0.465 e. The van der Waals surface area contributed by atoms with Crippen LogP contribution < -0.4 is 0 Å². The summed E-state index contributed by atoms with van der Waals surface area (Å²) in [5.41, 5.74) is -0.965. The van der Waals surface area contributed by atoms with Gasteiger partial charge in [0.25, 0.3) is 0 Å². The first-order valence-electron chi connectivity index (χ1n) is 4.75. The first-order valence-corrected chi connectivity index (χ1v) is 5.54. The van der Waals surface area contributed by atoms with Crippen LogP contribution in [-0.4, -0.2) is 17.6 Å². The van der Waals surface area contributed by atoms with Gasteiger partial charge in [-0.3, -0.25) is 4.98 Å². The lowest BCUT2D eigenvalue weighted by Crippen LogP contribution is -2.33. The topological polar surface area (TPSA) is 63.0 Å². The van der Waals surface area contributed by atoms with E-state index in [2.05, 4.69) is 20.9 Å². The molecule has 1 atom stereocenters. The van der Waals surface area contributed by atoms with E-state index in [1.165, 1.54) is 6.92 Å². The van der Waals surface area contributed by atoms with Crippen molar-refractivity contribution in [1.82, 2.24) is 4.98 Å². The molecule has 16 heavy (non-hydrogen) atoms. The molecule has 0 aromatic carbocycles. The zero-order chi connectivity index (χ0) is 12.2. The van der Waals surface area contributed by atoms with Gasteiger partial charge in [-0.1, -0.05) is 0 Å². The number of ether oxygens (including phenoxy) is 1. The molecule has 1 heterocycles. The Hall–Kier alpha value is -1.41. The van der Waals surface area contributed by atoms with Crippen LogP contribution in [0.3, 0.4) is 0 Å². The van der Waals surface area contributed by atoms with Gasteiger partial charge in [-0.15, -0.1) is 0 Å². The highest BCUT2D eigenvalue weighted by Gasteiger charge is 2.38. The Morgan fingerprint density at radius 1 is 1.69 bits per heavy atom. The lowest BCUT2D eigenvalue weighted by molar-refractivity contribution is -0.147. The average molecular weight is 283 g/mol. The van der Waals surface area contributed by atoms with E-state index in [9.17, 15) is 4.79 Å². The summed E-state index contributed by atoms with van der Waals surface area (Å²) >= 11 is 3.24. The minimum atomic E-state index is -1.35. The second kappa shape index (κ2) is 5.08. The summed E-state index contributed by atoms with van der Waals surface area (Å²) < 4.78 is 5.66. The van der Waals surface area contributed by atoms with Gasteiger partial charge in [0, 0.05) is 10.7 Å². The van der Waals surface area contributed by atoms with Crippen molar-refractivity contribution in [3.63, 3.8) is 0 Å². The zero-order valence-electron chi connectivity index (χ0n) is 9.03. The van der Waals surface area contributed by atoms with E-state index < -0.39 is 11.4 Å². The average Bonchev–Trinajstić information content (AvgIpc) is 2.29. The maximum atomic E-state index is 11.7. The number of nitrogens with zero attached hydrogens (tertiary/aromatic N) is 2. The van der Waals surface area contributed by atoms with Gasteiger partial charge < -0.3 is 4.74 Å². The van der Waals surface area contributed by atoms with Gasteiger partial charge in [0.2, 0.25) is 0 Å². The van der Waals surface area contributed by atoms with Crippen LogP contribution in [-0.2, 0) is 14.9 Å². The number of aromatic nitrogens is 1. The quantitative estimate of drug-likeness (QED) is 0.798. The fourth-order valence-corrected chi connectivity index (χ4v) is 1.39. The first-order chi connectivity index (χ1) is 7.54. The molecule has 1 unspecified atom stereocenters. The molecule has 0 spiro atoms. The van der Waals surface area contributed by atoms with Gasteiger partial charge in [-0.2, -0.15) is 5.26 Å². The van der Waals surface area contributed by atoms with Gasteiger partial charge in [0.05, 0.1) is 18.4 Å². The summed E-state index contributed by atoms with van der Waals surface area (Å²) in [4.78, 5) is 15.7. The number of rotatable bonds is 3. The Balaban J connectivity index is 3.10. The SMILES string of the molecule is CCOC(=O)C(C)(C#N)c1ccc(Br)cn1. The van der Waals surface area contributed by atoms with Gasteiger partial charge in [-0.05, 0) is 41.9 Å². The molecule has 1 rings (SSSR count). The third kappa shape index (κ3) is 2.39. The van der Waals surface area contributed by atoms with Gasteiger partial charge >= 0.3 is 5.97 Å². The van der Waals surface area contributed by atoms with Crippen molar-refractivity contribution in [2.24, 2.45) is 0 Å². The molecule has 0 saturated carbocycles. The smallest absolute Gasteiger partial charge is 0.332 e. The van der Waals surface area contributed by atoms with Crippen molar-refractivity contribution >= 4 is 21.9 Å². The molecule has 1 aromatic rings. The maximum absolute atomic E-state index is 11.7. The summed E-state index contributed by atoms with van der Waals surface area (Å²) in [6.07, 6.45) is 1.55. The van der Waals surface area contributed by atoms with Crippen LogP contribution in [0.15, 0.2) is 22.8 Å². The second-order valence-corrected chi connectivity index (χ2v) is 4.23. The number of carbonyl (C=O) groups is 1. The Morgan fingerprint density at radius 2 is 2.38 bits per heavy atom. The van der Waals surface area contributed by atoms with E-state index in [1.54, 1.807) is 25.3 Å². The number of halogens is 1. The molecular formula is C11H11BrN2O2. The van der Waals surface area contributed by atoms with Crippen LogP contribution in [0.2, 0.25) is 0 Å². The molecule has 0 amide bonds. The fraction of sp³-hybridized carbons (Fsp3) is 0.364. The highest BCUT2D eigenvalue weighted by molar-refractivity contribution is 9.10. The summed E-state index contributed by atoms with van der Waals surface area (Å²) in [6.45, 7) is 3.44. The van der Waals surface area contributed by atoms with Crippen molar-refractivity contribution in [3.8, 4) is 6.07 Å². The summed E-state index contributed by atoms with van der Waals surface area (Å²) in [5.74, 6) is -0.577. The molecule has 0 aliphatic heterocycles. The van der Waals surface area contributed by atoms with E-state index in [4.69, 9.17) is 10.00 Å². The predicted octanol–water partition coefficient (Wildman–Crippen LogP) is 2.19. The van der Waals surface area contributed by atoms with Crippen LogP contribution in [0.5, 0.6) is 0 Å². The standard InChI is InChI=1S/C11H11BrN2O2/c1-3-16-10(15)11(2,7-13)9-5-4-8(12)6-14-9/h4-6H,3H2,1-2H3. The summed E-state index contributed by atoms with van der Waals surface area (Å²) in [7, 11) is 0. The molecule has 1 aromatic heterocycles. The molecular weight excluding hydrogens is 272 g/mol. The molecule has 0 fully saturated rings. The van der Waals surface area contributed by atoms with Gasteiger partial charge in [-0.25, -0.2) is 4.79 Å². The third-order valence-corrected chi connectivity index (χ3v) is 2.62. The monoisotopic (exact) mass is 282 g/mol. The van der Waals surface area contributed by atoms with Crippen molar-refractivity contribution in [3.05, 3.63) is 28.5 Å². The first kappa shape index (κ1) is 12.7. The van der Waals surface area contributed by atoms with Gasteiger partial charge in [0.1, 0.15) is 0 Å². The van der Waals surface area contributed by atoms with E-state index in [0.29, 0.717) is 5.69 Å². The molecule has 0 radical (unpaired) electrons. The van der Waals surface area contributed by atoms with Crippen molar-refractivity contribution in [2.75, 3.05) is 6.61 Å². The Bertz CT molecular complexity index is 425. The fourth-order valence-electron chi connectivity index (χ4n) is 1.15. The van der Waals surface area contributed by atoms with Crippen LogP contribution >= 0.6 is 15.9 Å². The van der Waals surface area contributed by atoms with Crippen LogP contribution in [0.1, 0.15) is 19.5 Å². The second-order valence-electron chi connectivity index (χ2n) is 3.32. The highest BCUT2D eigenvalue weighted by atomic mass is 79.9. The van der Waals surface area contributed by atoms with Crippen molar-refractivity contribution < 1.29 is 9.53 Å². The van der Waals surface area contributed by atoms with E-state index in [0.717, 1.165) is 4.47 Å². The summed E-state index contributed by atoms with van der Waals surface area (Å²) in [5, 5.41) is 9.10. The van der Waals surface area contributed by atoms with Gasteiger partial charge in [0.15, 0.2) is 5.41 Å². The summed E-state index contributed by atoms with van der Waals surface area (Å²) in [6, 6.07) is 5.31. The largest absolute Gasteiger partial charge is 0.465 e. The third-order valence-electron chi connectivity index (χ3n) is 2.15. The molecule has 0 aliphatic rings. The number of nitriles is 1. The maximum Gasteiger partial charge on any atom is 0.332 e. The minimum absolute atomic E-state index is 0.243. The van der Waals surface area contributed by atoms with Crippen LogP contribution in [0.25, 0.3) is 0 Å². The molecule has 84 valence electrons. The van der Waals surface area contributed by atoms with Crippen molar-refractivity contribution in [2.45, 2.75) is 19.3 Å². The van der Waals surface area contributed by atoms with E-state index >= 15 is 0 Å². The van der Waals surface area contributed by atoms with E-state index in [1.807, 2.05) is 6.07 Å². The number of carbonyl (C=O) groups excluding carboxylic acids is 1.